The fraction of sp³-hybridized carbons (Fsp3) is 0.828. The van der Waals surface area contributed by atoms with Crippen molar-refractivity contribution in [1.82, 2.24) is 26.2 Å². The number of carbonyl (C=O) groups is 5. The predicted octanol–water partition coefficient (Wildman–Crippen LogP) is 1.79. The smallest absolute Gasteiger partial charge is 0.315 e. The summed E-state index contributed by atoms with van der Waals surface area (Å²) in [6.45, 7) is 9.16. The fourth-order valence-corrected chi connectivity index (χ4v) is 6.64. The molecule has 12 nitrogen and oxygen atoms in total. The Morgan fingerprint density at radius 1 is 1.00 bits per heavy atom. The van der Waals surface area contributed by atoms with Crippen LogP contribution in [0.5, 0.6) is 0 Å². The molecule has 1 saturated heterocycles. The number of carbonyl (C=O) groups excluding carboxylic acids is 5. The van der Waals surface area contributed by atoms with Crippen LogP contribution in [0.15, 0.2) is 0 Å². The Morgan fingerprint density at radius 2 is 1.64 bits per heavy atom. The van der Waals surface area contributed by atoms with Crippen LogP contribution in [0.1, 0.15) is 105 Å². The van der Waals surface area contributed by atoms with Crippen LogP contribution in [-0.4, -0.2) is 84.7 Å². The number of amides is 5. The Kier molecular flexibility index (Phi) is 11.6. The molecular formula is C29H48N5O7S-. The van der Waals surface area contributed by atoms with Gasteiger partial charge < -0.3 is 30.7 Å². The molecular weight excluding hydrogens is 562 g/mol. The highest BCUT2D eigenvalue weighted by molar-refractivity contribution is 7.79. The Hall–Kier alpha value is -2.54. The molecule has 42 heavy (non-hydrogen) atoms. The molecule has 0 radical (unpaired) electrons. The van der Waals surface area contributed by atoms with Gasteiger partial charge in [-0.15, -0.1) is 0 Å². The van der Waals surface area contributed by atoms with Crippen LogP contribution >= 0.6 is 0 Å². The summed E-state index contributed by atoms with van der Waals surface area (Å²) in [6.07, 6.45) is 7.08. The summed E-state index contributed by atoms with van der Waals surface area (Å²) >= 11 is -2.39. The first-order valence-corrected chi connectivity index (χ1v) is 16.5. The molecule has 1 aliphatic heterocycles. The van der Waals surface area contributed by atoms with Gasteiger partial charge in [0.05, 0.1) is 11.6 Å². The minimum atomic E-state index is -2.39. The number of Topliss-reactive ketones (excluding diaryl/α,β-unsaturated/α-hetero) is 1. The Labute approximate surface area is 251 Å². The van der Waals surface area contributed by atoms with E-state index in [0.717, 1.165) is 32.1 Å². The van der Waals surface area contributed by atoms with Gasteiger partial charge >= 0.3 is 6.03 Å². The molecule has 0 aromatic heterocycles. The van der Waals surface area contributed by atoms with Crippen LogP contribution in [0, 0.1) is 5.41 Å². The quantitative estimate of drug-likeness (QED) is 0.192. The first kappa shape index (κ1) is 34.0. The highest BCUT2D eigenvalue weighted by Crippen LogP contribution is 2.33. The van der Waals surface area contributed by atoms with Gasteiger partial charge in [-0.3, -0.25) is 23.4 Å². The summed E-state index contributed by atoms with van der Waals surface area (Å²) in [5.74, 6) is -2.33. The summed E-state index contributed by atoms with van der Waals surface area (Å²) in [6, 6.07) is -3.45. The summed E-state index contributed by atoms with van der Waals surface area (Å²) < 4.78 is 23.8. The first-order chi connectivity index (χ1) is 19.7. The molecule has 238 valence electrons. The average molecular weight is 611 g/mol. The van der Waals surface area contributed by atoms with E-state index in [1.165, 1.54) is 4.90 Å². The van der Waals surface area contributed by atoms with Crippen LogP contribution in [-0.2, 0) is 30.3 Å². The van der Waals surface area contributed by atoms with Crippen LogP contribution < -0.4 is 21.3 Å². The van der Waals surface area contributed by atoms with E-state index in [4.69, 9.17) is 0 Å². The van der Waals surface area contributed by atoms with Crippen molar-refractivity contribution in [2.45, 2.75) is 140 Å². The molecule has 2 saturated carbocycles. The van der Waals surface area contributed by atoms with Gasteiger partial charge in [-0.2, -0.15) is 0 Å². The Morgan fingerprint density at radius 3 is 2.19 bits per heavy atom. The maximum atomic E-state index is 13.9. The molecule has 2 aliphatic carbocycles. The zero-order valence-corrected chi connectivity index (χ0v) is 26.4. The molecule has 0 aromatic rings. The maximum Gasteiger partial charge on any atom is 0.315 e. The van der Waals surface area contributed by atoms with Crippen LogP contribution in [0.2, 0.25) is 0 Å². The van der Waals surface area contributed by atoms with Gasteiger partial charge in [0.2, 0.25) is 17.6 Å². The molecule has 0 aromatic carbocycles. The monoisotopic (exact) mass is 610 g/mol. The van der Waals surface area contributed by atoms with Gasteiger partial charge in [0.1, 0.15) is 12.1 Å². The number of urea groups is 1. The number of nitrogens with one attached hydrogen (secondary N) is 4. The molecule has 5 amide bonds. The van der Waals surface area contributed by atoms with Crippen molar-refractivity contribution in [3.05, 3.63) is 0 Å². The van der Waals surface area contributed by atoms with Crippen molar-refractivity contribution in [2.75, 3.05) is 6.54 Å². The zero-order valence-electron chi connectivity index (χ0n) is 25.6. The number of rotatable bonds is 12. The maximum absolute atomic E-state index is 13.9. The number of likely N-dealkylation sites (tertiary alicyclic amines) is 1. The largest absolute Gasteiger partial charge is 0.772 e. The van der Waals surface area contributed by atoms with E-state index in [1.807, 2.05) is 6.92 Å². The van der Waals surface area contributed by atoms with E-state index < -0.39 is 74.9 Å². The van der Waals surface area contributed by atoms with E-state index in [0.29, 0.717) is 45.1 Å². The lowest BCUT2D eigenvalue weighted by atomic mass is 9.79. The molecule has 0 spiro atoms. The minimum Gasteiger partial charge on any atom is -0.772 e. The van der Waals surface area contributed by atoms with Crippen molar-refractivity contribution in [3.63, 3.8) is 0 Å². The van der Waals surface area contributed by atoms with Gasteiger partial charge in [-0.05, 0) is 57.3 Å². The van der Waals surface area contributed by atoms with Crippen molar-refractivity contribution in [3.8, 4) is 0 Å². The number of hydrogen-bond acceptors (Lipinski definition) is 7. The van der Waals surface area contributed by atoms with E-state index >= 15 is 0 Å². The molecule has 3 fully saturated rings. The molecule has 5 atom stereocenters. The molecule has 13 heteroatoms. The summed E-state index contributed by atoms with van der Waals surface area (Å²) in [5, 5.41) is 10.3. The minimum absolute atomic E-state index is 0.0139. The normalized spacial score (nSPS) is 23.2. The third-order valence-electron chi connectivity index (χ3n) is 8.75. The average Bonchev–Trinajstić information content (AvgIpc) is 3.60. The van der Waals surface area contributed by atoms with Crippen molar-refractivity contribution in [2.24, 2.45) is 5.41 Å². The van der Waals surface area contributed by atoms with Crippen molar-refractivity contribution in [1.29, 1.82) is 0 Å². The third-order valence-corrected chi connectivity index (χ3v) is 9.78. The second kappa shape index (κ2) is 14.3. The summed E-state index contributed by atoms with van der Waals surface area (Å²) in [5.41, 5.74) is -1.66. The summed E-state index contributed by atoms with van der Waals surface area (Å²) in [4.78, 5) is 67.3. The van der Waals surface area contributed by atoms with Crippen LogP contribution in [0.3, 0.4) is 0 Å². The second-order valence-corrected chi connectivity index (χ2v) is 14.4. The van der Waals surface area contributed by atoms with E-state index in [2.05, 4.69) is 21.3 Å². The highest BCUT2D eigenvalue weighted by Gasteiger charge is 2.45. The SMILES string of the molecule is CCC[C@H](NC(=O)[C@@H]1CCCN1C(=O)[C@@H](NC(=O)NC1([C@H](C)S(=O)[O-])CCCCC1)C(C)(C)C)C(=O)C(=O)NC1CC1. The third kappa shape index (κ3) is 8.52. The molecule has 0 bridgehead atoms. The van der Waals surface area contributed by atoms with Gasteiger partial charge in [-0.25, -0.2) is 4.79 Å². The van der Waals surface area contributed by atoms with Crippen LogP contribution in [0.25, 0.3) is 0 Å². The molecule has 3 aliphatic rings. The van der Waals surface area contributed by atoms with E-state index in [9.17, 15) is 32.7 Å². The van der Waals surface area contributed by atoms with Gasteiger partial charge in [0, 0.05) is 17.8 Å². The molecule has 1 unspecified atom stereocenters. The number of nitrogens with zero attached hydrogens (tertiary/aromatic N) is 1. The summed E-state index contributed by atoms with van der Waals surface area (Å²) in [7, 11) is 0. The fourth-order valence-electron chi connectivity index (χ4n) is 5.98. The Bertz CT molecular complexity index is 1050. The number of ketones is 1. The topological polar surface area (TPSA) is 177 Å². The molecule has 4 N–H and O–H groups in total. The van der Waals surface area contributed by atoms with Gasteiger partial charge in [0.15, 0.2) is 0 Å². The highest BCUT2D eigenvalue weighted by atomic mass is 32.2. The second-order valence-electron chi connectivity index (χ2n) is 13.2. The molecule has 3 rings (SSSR count). The molecule has 1 heterocycles. The predicted molar refractivity (Wildman–Crippen MR) is 157 cm³/mol. The van der Waals surface area contributed by atoms with Crippen molar-refractivity contribution < 1.29 is 32.7 Å². The van der Waals surface area contributed by atoms with E-state index in [-0.39, 0.29) is 6.04 Å². The standard InChI is InChI=1S/C29H49N5O7S/c1-6-11-20(22(35)25(37)30-19-13-14-19)31-24(36)21-12-10-17-34(21)26(38)23(28(3,4)5)32-27(39)33-29(18(2)42(40)41)15-8-7-9-16-29/h18-21,23H,6-17H2,1-5H3,(H,30,37)(H,31,36)(H,40,41)(H2,32,33,39)/p-1/t18-,20-,21-,23+/m0/s1. The van der Waals surface area contributed by atoms with Gasteiger partial charge in [-0.1, -0.05) is 64.5 Å². The van der Waals surface area contributed by atoms with E-state index in [1.54, 1.807) is 27.7 Å². The first-order valence-electron chi connectivity index (χ1n) is 15.3. The lowest BCUT2D eigenvalue weighted by Crippen LogP contribution is -2.64. The number of hydrogen-bond donors (Lipinski definition) is 4. The zero-order chi connectivity index (χ0) is 31.2. The van der Waals surface area contributed by atoms with Crippen LogP contribution in [0.4, 0.5) is 4.79 Å². The lowest BCUT2D eigenvalue weighted by molar-refractivity contribution is -0.143. The van der Waals surface area contributed by atoms with Gasteiger partial charge in [0.25, 0.3) is 5.91 Å². The lowest BCUT2D eigenvalue weighted by Gasteiger charge is -2.44. The Balaban J connectivity index is 1.72. The van der Waals surface area contributed by atoms with Crippen molar-refractivity contribution >= 4 is 40.6 Å².